The lowest BCUT2D eigenvalue weighted by atomic mass is 9.84. The smallest absolute Gasteiger partial charge is 0.149 e. The van der Waals surface area contributed by atoms with Crippen molar-refractivity contribution >= 4 is 22.9 Å². The van der Waals surface area contributed by atoms with E-state index in [9.17, 15) is 5.11 Å². The number of hydrogen-bond acceptors (Lipinski definition) is 3. The molecule has 0 saturated carbocycles. The molecule has 4 heteroatoms. The fourth-order valence-corrected chi connectivity index (χ4v) is 4.67. The third kappa shape index (κ3) is 3.45. The van der Waals surface area contributed by atoms with Gasteiger partial charge in [0.2, 0.25) is 0 Å². The molecule has 26 heavy (non-hydrogen) atoms. The quantitative estimate of drug-likeness (QED) is 0.647. The van der Waals surface area contributed by atoms with Gasteiger partial charge in [-0.25, -0.2) is 0 Å². The molecule has 0 amide bonds. The van der Waals surface area contributed by atoms with Crippen molar-refractivity contribution in [2.24, 2.45) is 0 Å². The molecule has 1 fully saturated rings. The van der Waals surface area contributed by atoms with Crippen LogP contribution in [0.15, 0.2) is 66.0 Å². The number of halogens is 1. The summed E-state index contributed by atoms with van der Waals surface area (Å²) in [5, 5.41) is 14.4. The second-order valence-corrected chi connectivity index (χ2v) is 8.26. The molecular formula is C22H22ClNOS. The summed E-state index contributed by atoms with van der Waals surface area (Å²) in [6.45, 7) is 3.36. The normalized spacial score (nSPS) is 17.3. The molecule has 134 valence electrons. The monoisotopic (exact) mass is 383 g/mol. The second kappa shape index (κ2) is 7.53. The van der Waals surface area contributed by atoms with Crippen molar-refractivity contribution in [2.45, 2.75) is 25.0 Å². The van der Waals surface area contributed by atoms with E-state index in [1.807, 2.05) is 41.8 Å². The minimum Gasteiger partial charge on any atom is -0.375 e. The minimum absolute atomic E-state index is 0.670. The summed E-state index contributed by atoms with van der Waals surface area (Å²) in [5.74, 6) is 0. The fourth-order valence-electron chi connectivity index (χ4n) is 3.68. The highest BCUT2D eigenvalue weighted by Crippen LogP contribution is 2.39. The molecule has 3 aromatic rings. The van der Waals surface area contributed by atoms with E-state index in [2.05, 4.69) is 29.2 Å². The van der Waals surface area contributed by atoms with Gasteiger partial charge in [0.25, 0.3) is 0 Å². The van der Waals surface area contributed by atoms with Gasteiger partial charge in [0.15, 0.2) is 0 Å². The standard InChI is InChI=1S/C22H22ClNOS/c23-20-11-9-19(10-12-20)22(25,21-4-3-15-26-21)18-7-5-17(6-8-18)16-24-13-1-2-14-24/h3-12,15,25H,1-2,13-14,16H2. The number of likely N-dealkylation sites (tertiary alicyclic amines) is 1. The van der Waals surface area contributed by atoms with Crippen LogP contribution in [0.25, 0.3) is 0 Å². The molecule has 1 aromatic heterocycles. The molecule has 2 aromatic carbocycles. The van der Waals surface area contributed by atoms with Crippen molar-refractivity contribution in [3.63, 3.8) is 0 Å². The zero-order valence-electron chi connectivity index (χ0n) is 14.6. The first kappa shape index (κ1) is 17.7. The summed E-state index contributed by atoms with van der Waals surface area (Å²) in [6.07, 6.45) is 2.60. The van der Waals surface area contributed by atoms with E-state index in [-0.39, 0.29) is 0 Å². The zero-order chi connectivity index (χ0) is 18.0. The molecule has 1 saturated heterocycles. The molecule has 4 rings (SSSR count). The van der Waals surface area contributed by atoms with E-state index in [0.717, 1.165) is 22.5 Å². The van der Waals surface area contributed by atoms with Gasteiger partial charge in [-0.2, -0.15) is 0 Å². The lowest BCUT2D eigenvalue weighted by molar-refractivity contribution is 0.129. The molecule has 0 spiro atoms. The van der Waals surface area contributed by atoms with Gasteiger partial charge in [-0.05, 0) is 66.2 Å². The average Bonchev–Trinajstić information content (AvgIpc) is 3.36. The van der Waals surface area contributed by atoms with Crippen LogP contribution in [0, 0.1) is 0 Å². The van der Waals surface area contributed by atoms with Gasteiger partial charge in [-0.1, -0.05) is 54.1 Å². The molecule has 0 bridgehead atoms. The molecule has 1 unspecified atom stereocenters. The predicted molar refractivity (Wildman–Crippen MR) is 109 cm³/mol. The van der Waals surface area contributed by atoms with Gasteiger partial charge in [0.05, 0.1) is 0 Å². The third-order valence-corrected chi connectivity index (χ3v) is 6.35. The van der Waals surface area contributed by atoms with Crippen molar-refractivity contribution in [1.82, 2.24) is 4.90 Å². The Labute approximate surface area is 163 Å². The SMILES string of the molecule is OC(c1ccc(Cl)cc1)(c1ccc(CN2CCCC2)cc1)c1cccs1. The highest BCUT2D eigenvalue weighted by molar-refractivity contribution is 7.10. The molecule has 1 aliphatic rings. The largest absolute Gasteiger partial charge is 0.375 e. The summed E-state index contributed by atoms with van der Waals surface area (Å²) in [5.41, 5.74) is 1.84. The van der Waals surface area contributed by atoms with E-state index in [1.54, 1.807) is 11.3 Å². The van der Waals surface area contributed by atoms with Gasteiger partial charge in [0, 0.05) is 16.4 Å². The maximum absolute atomic E-state index is 11.7. The average molecular weight is 384 g/mol. The molecule has 0 aliphatic carbocycles. The van der Waals surface area contributed by atoms with Crippen LogP contribution in [0.1, 0.15) is 34.4 Å². The molecule has 2 heterocycles. The Morgan fingerprint density at radius 1 is 0.923 bits per heavy atom. The lowest BCUT2D eigenvalue weighted by Crippen LogP contribution is -2.27. The molecule has 1 aliphatic heterocycles. The first-order chi connectivity index (χ1) is 12.7. The summed E-state index contributed by atoms with van der Waals surface area (Å²) in [4.78, 5) is 3.40. The van der Waals surface area contributed by atoms with Gasteiger partial charge < -0.3 is 5.11 Å². The predicted octanol–water partition coefficient (Wildman–Crippen LogP) is 5.28. The first-order valence-electron chi connectivity index (χ1n) is 9.00. The van der Waals surface area contributed by atoms with Gasteiger partial charge in [-0.3, -0.25) is 4.90 Å². The maximum Gasteiger partial charge on any atom is 0.149 e. The highest BCUT2D eigenvalue weighted by Gasteiger charge is 2.34. The van der Waals surface area contributed by atoms with Crippen LogP contribution in [-0.2, 0) is 12.1 Å². The van der Waals surface area contributed by atoms with Crippen LogP contribution < -0.4 is 0 Å². The molecule has 1 atom stereocenters. The van der Waals surface area contributed by atoms with Crippen LogP contribution in [0.4, 0.5) is 0 Å². The Bertz CT molecular complexity index is 839. The Kier molecular flexibility index (Phi) is 5.14. The van der Waals surface area contributed by atoms with Gasteiger partial charge >= 0.3 is 0 Å². The number of nitrogens with zero attached hydrogens (tertiary/aromatic N) is 1. The summed E-state index contributed by atoms with van der Waals surface area (Å²) >= 11 is 7.61. The summed E-state index contributed by atoms with van der Waals surface area (Å²) < 4.78 is 0. The van der Waals surface area contributed by atoms with Gasteiger partial charge in [0.1, 0.15) is 5.60 Å². The number of aliphatic hydroxyl groups is 1. The van der Waals surface area contributed by atoms with Gasteiger partial charge in [-0.15, -0.1) is 11.3 Å². The van der Waals surface area contributed by atoms with Crippen molar-refractivity contribution in [3.8, 4) is 0 Å². The Balaban J connectivity index is 1.69. The summed E-state index contributed by atoms with van der Waals surface area (Å²) in [6, 6.07) is 19.8. The number of thiophene rings is 1. The third-order valence-electron chi connectivity index (χ3n) is 5.12. The fraction of sp³-hybridized carbons (Fsp3) is 0.273. The molecule has 2 nitrogen and oxygen atoms in total. The molecular weight excluding hydrogens is 362 g/mol. The van der Waals surface area contributed by atoms with E-state index >= 15 is 0 Å². The molecule has 1 N–H and O–H groups in total. The molecule has 0 radical (unpaired) electrons. The van der Waals surface area contributed by atoms with E-state index in [0.29, 0.717) is 5.02 Å². The lowest BCUT2D eigenvalue weighted by Gasteiger charge is -2.29. The number of benzene rings is 2. The van der Waals surface area contributed by atoms with E-state index < -0.39 is 5.60 Å². The minimum atomic E-state index is -1.16. The number of hydrogen-bond donors (Lipinski definition) is 1. The topological polar surface area (TPSA) is 23.5 Å². The van der Waals surface area contributed by atoms with E-state index in [1.165, 1.54) is 31.5 Å². The Morgan fingerprint density at radius 2 is 1.54 bits per heavy atom. The van der Waals surface area contributed by atoms with Crippen LogP contribution in [0.2, 0.25) is 5.02 Å². The van der Waals surface area contributed by atoms with Crippen molar-refractivity contribution in [2.75, 3.05) is 13.1 Å². The second-order valence-electron chi connectivity index (χ2n) is 6.87. The highest BCUT2D eigenvalue weighted by atomic mass is 35.5. The number of rotatable bonds is 5. The van der Waals surface area contributed by atoms with Crippen LogP contribution >= 0.6 is 22.9 Å². The zero-order valence-corrected chi connectivity index (χ0v) is 16.1. The van der Waals surface area contributed by atoms with Crippen LogP contribution in [0.5, 0.6) is 0 Å². The maximum atomic E-state index is 11.7. The van der Waals surface area contributed by atoms with Crippen LogP contribution in [-0.4, -0.2) is 23.1 Å². The Hall–Kier alpha value is -1.65. The van der Waals surface area contributed by atoms with Crippen molar-refractivity contribution < 1.29 is 5.11 Å². The first-order valence-corrected chi connectivity index (χ1v) is 10.3. The van der Waals surface area contributed by atoms with Crippen molar-refractivity contribution in [1.29, 1.82) is 0 Å². The van der Waals surface area contributed by atoms with E-state index in [4.69, 9.17) is 11.6 Å². The summed E-state index contributed by atoms with van der Waals surface area (Å²) in [7, 11) is 0. The van der Waals surface area contributed by atoms with Crippen molar-refractivity contribution in [3.05, 3.63) is 92.6 Å². The van der Waals surface area contributed by atoms with Crippen LogP contribution in [0.3, 0.4) is 0 Å². The Morgan fingerprint density at radius 3 is 2.12 bits per heavy atom.